The third-order valence-electron chi connectivity index (χ3n) is 2.07. The van der Waals surface area contributed by atoms with Gasteiger partial charge in [0, 0.05) is 0 Å². The third-order valence-corrected chi connectivity index (χ3v) is 2.07. The van der Waals surface area contributed by atoms with Crippen LogP contribution in [0.25, 0.3) is 0 Å². The summed E-state index contributed by atoms with van der Waals surface area (Å²) in [5.74, 6) is 0. The highest BCUT2D eigenvalue weighted by atomic mass is 15.3. The molecule has 0 fully saturated rings. The summed E-state index contributed by atoms with van der Waals surface area (Å²) in [5.41, 5.74) is 0. The Morgan fingerprint density at radius 2 is 1.50 bits per heavy atom. The minimum atomic E-state index is 1.11. The Morgan fingerprint density at radius 1 is 0.917 bits per heavy atom. The maximum absolute atomic E-state index is 2.26. The van der Waals surface area contributed by atoms with Gasteiger partial charge in [0.25, 0.3) is 0 Å². The molecule has 0 atom stereocenters. The van der Waals surface area contributed by atoms with Gasteiger partial charge in [-0.1, -0.05) is 0 Å². The van der Waals surface area contributed by atoms with E-state index in [2.05, 4.69) is 33.5 Å². The van der Waals surface area contributed by atoms with Crippen molar-refractivity contribution in [3.8, 4) is 0 Å². The van der Waals surface area contributed by atoms with Crippen LogP contribution in [-0.2, 0) is 0 Å². The van der Waals surface area contributed by atoms with Gasteiger partial charge >= 0.3 is 0 Å². The fourth-order valence-corrected chi connectivity index (χ4v) is 1.29. The highest BCUT2D eigenvalue weighted by molar-refractivity contribution is 4.40. The Kier molecular flexibility index (Phi) is 6.39. The van der Waals surface area contributed by atoms with Crippen LogP contribution in [-0.4, -0.2) is 45.8 Å². The Labute approximate surface area is 77.5 Å². The first kappa shape index (κ1) is 11.9. The normalized spacial score (nSPS) is 12.0. The number of nitrogens with two attached hydrogens (primary N) is 1. The monoisotopic (exact) mass is 174 g/mol. The highest BCUT2D eigenvalue weighted by Crippen LogP contribution is 2.01. The van der Waals surface area contributed by atoms with Crippen LogP contribution in [0, 0.1) is 0 Å². The van der Waals surface area contributed by atoms with E-state index < -0.39 is 0 Å². The molecule has 0 rings (SSSR count). The van der Waals surface area contributed by atoms with Gasteiger partial charge in [-0.3, -0.25) is 0 Å². The molecule has 0 radical (unpaired) electrons. The van der Waals surface area contributed by atoms with Gasteiger partial charge in [-0.05, 0) is 25.7 Å². The fraction of sp³-hybridized carbons (Fsp3) is 1.00. The van der Waals surface area contributed by atoms with Crippen LogP contribution in [0.1, 0.15) is 25.7 Å². The van der Waals surface area contributed by atoms with Crippen molar-refractivity contribution in [2.24, 2.45) is 0 Å². The quantitative estimate of drug-likeness (QED) is 0.426. The summed E-state index contributed by atoms with van der Waals surface area (Å²) < 4.78 is 1.11. The van der Waals surface area contributed by atoms with Gasteiger partial charge in [0.2, 0.25) is 0 Å². The largest absolute Gasteiger partial charge is 0.349 e. The number of hydrogen-bond acceptors (Lipinski definition) is 0. The average Bonchev–Trinajstić information content (AvgIpc) is 1.94. The summed E-state index contributed by atoms with van der Waals surface area (Å²) in [5, 5.41) is 2.26. The maximum atomic E-state index is 2.26. The molecule has 2 N–H and O–H groups in total. The van der Waals surface area contributed by atoms with E-state index in [0.29, 0.717) is 0 Å². The minimum Gasteiger partial charge on any atom is -0.349 e. The Balaban J connectivity index is 3.01. The van der Waals surface area contributed by atoms with Crippen LogP contribution in [0.4, 0.5) is 0 Å². The zero-order valence-corrected chi connectivity index (χ0v) is 9.27. The molecule has 12 heavy (non-hydrogen) atoms. The van der Waals surface area contributed by atoms with Crippen LogP contribution in [0.15, 0.2) is 0 Å². The molecule has 0 amide bonds. The summed E-state index contributed by atoms with van der Waals surface area (Å²) in [7, 11) is 8.94. The average molecular weight is 174 g/mol. The molecule has 2 heteroatoms. The predicted molar refractivity (Wildman–Crippen MR) is 54.1 cm³/mol. The molecule has 74 valence electrons. The molecule has 0 aliphatic heterocycles. The number of nitrogens with zero attached hydrogens (tertiary/aromatic N) is 1. The molecule has 0 aromatic rings. The van der Waals surface area contributed by atoms with Crippen molar-refractivity contribution < 1.29 is 9.80 Å². The molecule has 0 aliphatic rings. The Bertz CT molecular complexity index is 94.5. The highest BCUT2D eigenvalue weighted by Gasteiger charge is 2.04. The van der Waals surface area contributed by atoms with Gasteiger partial charge < -0.3 is 9.80 Å². The van der Waals surface area contributed by atoms with Crippen molar-refractivity contribution in [3.63, 3.8) is 0 Å². The van der Waals surface area contributed by atoms with E-state index >= 15 is 0 Å². The lowest BCUT2D eigenvalue weighted by Gasteiger charge is -2.23. The van der Waals surface area contributed by atoms with Crippen molar-refractivity contribution in [2.45, 2.75) is 25.7 Å². The molecule has 0 unspecified atom stereocenters. The lowest BCUT2D eigenvalue weighted by atomic mass is 10.2. The van der Waals surface area contributed by atoms with Gasteiger partial charge in [0.05, 0.1) is 41.3 Å². The summed E-state index contributed by atoms with van der Waals surface area (Å²) in [6.45, 7) is 2.61. The topological polar surface area (TPSA) is 16.6 Å². The van der Waals surface area contributed by atoms with Crippen molar-refractivity contribution in [1.29, 1.82) is 0 Å². The van der Waals surface area contributed by atoms with E-state index in [9.17, 15) is 0 Å². The molecular weight excluding hydrogens is 148 g/mol. The molecular formula is C10H26N2+2. The number of unbranched alkanes of at least 4 members (excludes halogenated alkanes) is 3. The lowest BCUT2D eigenvalue weighted by Crippen LogP contribution is -2.79. The van der Waals surface area contributed by atoms with E-state index in [1.807, 2.05) is 0 Å². The molecule has 0 spiro atoms. The molecule has 0 bridgehead atoms. The van der Waals surface area contributed by atoms with Crippen molar-refractivity contribution >= 4 is 0 Å². The summed E-state index contributed by atoms with van der Waals surface area (Å²) >= 11 is 0. The van der Waals surface area contributed by atoms with Gasteiger partial charge in [-0.2, -0.15) is 0 Å². The summed E-state index contributed by atoms with van der Waals surface area (Å²) in [6, 6.07) is 0. The van der Waals surface area contributed by atoms with Crippen LogP contribution in [0.5, 0.6) is 0 Å². The number of hydrogen-bond donors (Lipinski definition) is 1. The second-order valence-electron chi connectivity index (χ2n) is 4.63. The van der Waals surface area contributed by atoms with Gasteiger partial charge in [0.15, 0.2) is 0 Å². The molecule has 0 aromatic carbocycles. The standard InChI is InChI=1S/C10H25N2/c1-11-9-7-5-6-8-10-12(2,3)4/h11H,5-10H2,1-4H3/q+1/p+1. The second kappa shape index (κ2) is 6.44. The number of rotatable bonds is 7. The predicted octanol–water partition coefficient (Wildman–Crippen LogP) is 0.446. The first-order valence-corrected chi connectivity index (χ1v) is 5.14. The van der Waals surface area contributed by atoms with E-state index in [1.54, 1.807) is 0 Å². The van der Waals surface area contributed by atoms with Crippen LogP contribution in [0.3, 0.4) is 0 Å². The van der Waals surface area contributed by atoms with Gasteiger partial charge in [-0.25, -0.2) is 0 Å². The molecule has 0 aliphatic carbocycles. The zero-order valence-electron chi connectivity index (χ0n) is 9.27. The van der Waals surface area contributed by atoms with Crippen LogP contribution in [0.2, 0.25) is 0 Å². The minimum absolute atomic E-state index is 1.11. The van der Waals surface area contributed by atoms with Crippen LogP contribution >= 0.6 is 0 Å². The SMILES string of the molecule is C[NH2+]CCCCCC[N+](C)(C)C. The molecule has 2 nitrogen and oxygen atoms in total. The fourth-order valence-electron chi connectivity index (χ4n) is 1.29. The molecule has 0 heterocycles. The van der Waals surface area contributed by atoms with Crippen molar-refractivity contribution in [3.05, 3.63) is 0 Å². The summed E-state index contributed by atoms with van der Waals surface area (Å²) in [4.78, 5) is 0. The number of quaternary nitrogens is 2. The van der Waals surface area contributed by atoms with E-state index in [1.165, 1.54) is 38.8 Å². The van der Waals surface area contributed by atoms with E-state index in [4.69, 9.17) is 0 Å². The lowest BCUT2D eigenvalue weighted by molar-refractivity contribution is -0.870. The van der Waals surface area contributed by atoms with Crippen LogP contribution < -0.4 is 5.32 Å². The Hall–Kier alpha value is -0.0800. The van der Waals surface area contributed by atoms with Gasteiger partial charge in [-0.15, -0.1) is 0 Å². The van der Waals surface area contributed by atoms with Crippen molar-refractivity contribution in [2.75, 3.05) is 41.3 Å². The Morgan fingerprint density at radius 3 is 2.00 bits per heavy atom. The third kappa shape index (κ3) is 9.92. The maximum Gasteiger partial charge on any atom is 0.0780 e. The zero-order chi connectivity index (χ0) is 9.45. The van der Waals surface area contributed by atoms with E-state index in [0.717, 1.165) is 4.48 Å². The van der Waals surface area contributed by atoms with Crippen molar-refractivity contribution in [1.82, 2.24) is 0 Å². The first-order valence-electron chi connectivity index (χ1n) is 5.14. The van der Waals surface area contributed by atoms with Gasteiger partial charge in [0.1, 0.15) is 0 Å². The second-order valence-corrected chi connectivity index (χ2v) is 4.63. The summed E-state index contributed by atoms with van der Waals surface area (Å²) in [6.07, 6.45) is 5.58. The molecule has 0 aromatic heterocycles. The molecule has 0 saturated carbocycles. The first-order chi connectivity index (χ1) is 5.56. The molecule has 0 saturated heterocycles. The van der Waals surface area contributed by atoms with E-state index in [-0.39, 0.29) is 0 Å². The smallest absolute Gasteiger partial charge is 0.0780 e.